The molecule has 0 aromatic heterocycles. The Morgan fingerprint density at radius 1 is 1.39 bits per heavy atom. The number of carbonyl (C=O) groups excluding carboxylic acids is 1. The number of aliphatic hydroxyl groups is 1. The van der Waals surface area contributed by atoms with E-state index in [0.717, 1.165) is 31.6 Å². The lowest BCUT2D eigenvalue weighted by atomic mass is 10.1. The Hall–Kier alpha value is -1.30. The number of likely N-dealkylation sites (N-methyl/N-ethyl adjacent to an activating group) is 1. The lowest BCUT2D eigenvalue weighted by Crippen LogP contribution is -2.39. The Morgan fingerprint density at radius 3 is 2.78 bits per heavy atom. The molecule has 2 rings (SSSR count). The SMILES string of the molecule is CN(CC(=O)NCCOc1ccc(Cl)cc1)CC1CCCC1O. The lowest BCUT2D eigenvalue weighted by Gasteiger charge is -2.22. The molecule has 1 amide bonds. The molecule has 0 bridgehead atoms. The molecule has 0 spiro atoms. The van der Waals surface area contributed by atoms with Crippen molar-refractivity contribution in [1.82, 2.24) is 10.2 Å². The van der Waals surface area contributed by atoms with Gasteiger partial charge in [-0.05, 0) is 50.1 Å². The molecule has 1 aromatic carbocycles. The minimum atomic E-state index is -0.215. The highest BCUT2D eigenvalue weighted by molar-refractivity contribution is 6.30. The van der Waals surface area contributed by atoms with Crippen molar-refractivity contribution in [3.05, 3.63) is 29.3 Å². The van der Waals surface area contributed by atoms with Gasteiger partial charge in [0.05, 0.1) is 19.2 Å². The predicted molar refractivity (Wildman–Crippen MR) is 90.8 cm³/mol. The van der Waals surface area contributed by atoms with Gasteiger partial charge in [0.25, 0.3) is 0 Å². The summed E-state index contributed by atoms with van der Waals surface area (Å²) in [5, 5.41) is 13.3. The zero-order valence-corrected chi connectivity index (χ0v) is 14.3. The molecule has 1 fully saturated rings. The summed E-state index contributed by atoms with van der Waals surface area (Å²) in [5.41, 5.74) is 0. The average molecular weight is 341 g/mol. The van der Waals surface area contributed by atoms with Crippen LogP contribution in [0.2, 0.25) is 5.02 Å². The smallest absolute Gasteiger partial charge is 0.234 e. The van der Waals surface area contributed by atoms with Crippen LogP contribution in [0.3, 0.4) is 0 Å². The van der Waals surface area contributed by atoms with Gasteiger partial charge in [-0.2, -0.15) is 0 Å². The molecule has 2 unspecified atom stereocenters. The number of aliphatic hydroxyl groups excluding tert-OH is 1. The third kappa shape index (κ3) is 6.37. The highest BCUT2D eigenvalue weighted by Crippen LogP contribution is 2.25. The van der Waals surface area contributed by atoms with Gasteiger partial charge in [0.1, 0.15) is 12.4 Å². The van der Waals surface area contributed by atoms with Gasteiger partial charge in [0.2, 0.25) is 5.91 Å². The number of nitrogens with one attached hydrogen (secondary N) is 1. The number of hydrogen-bond donors (Lipinski definition) is 2. The zero-order chi connectivity index (χ0) is 16.7. The first-order valence-corrected chi connectivity index (χ1v) is 8.44. The largest absolute Gasteiger partial charge is 0.492 e. The molecule has 1 aliphatic carbocycles. The second kappa shape index (κ2) is 9.11. The molecule has 0 aliphatic heterocycles. The maximum atomic E-state index is 11.9. The van der Waals surface area contributed by atoms with E-state index in [1.54, 1.807) is 24.3 Å². The highest BCUT2D eigenvalue weighted by atomic mass is 35.5. The summed E-state index contributed by atoms with van der Waals surface area (Å²) in [4.78, 5) is 13.8. The Labute approximate surface area is 142 Å². The van der Waals surface area contributed by atoms with Gasteiger partial charge in [-0.25, -0.2) is 0 Å². The molecule has 1 aliphatic rings. The molecule has 1 saturated carbocycles. The molecule has 0 saturated heterocycles. The van der Waals surface area contributed by atoms with Crippen LogP contribution >= 0.6 is 11.6 Å². The first-order chi connectivity index (χ1) is 11.0. The van der Waals surface area contributed by atoms with Crippen molar-refractivity contribution in [1.29, 1.82) is 0 Å². The first-order valence-electron chi connectivity index (χ1n) is 8.06. The Kier molecular flexibility index (Phi) is 7.15. The van der Waals surface area contributed by atoms with E-state index in [1.165, 1.54) is 0 Å². The van der Waals surface area contributed by atoms with Crippen LogP contribution in [-0.4, -0.2) is 55.3 Å². The minimum absolute atomic E-state index is 0.0281. The molecule has 23 heavy (non-hydrogen) atoms. The molecule has 1 aromatic rings. The van der Waals surface area contributed by atoms with E-state index in [-0.39, 0.29) is 12.0 Å². The zero-order valence-electron chi connectivity index (χ0n) is 13.5. The van der Waals surface area contributed by atoms with E-state index >= 15 is 0 Å². The van der Waals surface area contributed by atoms with Crippen molar-refractivity contribution in [2.75, 3.05) is 33.3 Å². The second-order valence-electron chi connectivity index (χ2n) is 6.11. The van der Waals surface area contributed by atoms with Crippen LogP contribution in [0.15, 0.2) is 24.3 Å². The Morgan fingerprint density at radius 2 is 2.13 bits per heavy atom. The van der Waals surface area contributed by atoms with Crippen LogP contribution in [0, 0.1) is 5.92 Å². The van der Waals surface area contributed by atoms with Crippen LogP contribution in [0.1, 0.15) is 19.3 Å². The number of amides is 1. The molecule has 0 radical (unpaired) electrons. The number of carbonyl (C=O) groups is 1. The normalized spacial score (nSPS) is 20.7. The number of rotatable bonds is 8. The fourth-order valence-corrected chi connectivity index (χ4v) is 3.01. The average Bonchev–Trinajstić information content (AvgIpc) is 2.90. The van der Waals surface area contributed by atoms with Gasteiger partial charge in [-0.1, -0.05) is 18.0 Å². The van der Waals surface area contributed by atoms with Gasteiger partial charge < -0.3 is 15.2 Å². The summed E-state index contributed by atoms with van der Waals surface area (Å²) in [7, 11) is 1.91. The molecule has 128 valence electrons. The van der Waals surface area contributed by atoms with Crippen molar-refractivity contribution in [3.63, 3.8) is 0 Å². The van der Waals surface area contributed by atoms with Crippen molar-refractivity contribution < 1.29 is 14.6 Å². The van der Waals surface area contributed by atoms with Crippen molar-refractivity contribution in [2.24, 2.45) is 5.92 Å². The topological polar surface area (TPSA) is 61.8 Å². The second-order valence-corrected chi connectivity index (χ2v) is 6.54. The van der Waals surface area contributed by atoms with E-state index in [9.17, 15) is 9.90 Å². The fourth-order valence-electron chi connectivity index (χ4n) is 2.89. The van der Waals surface area contributed by atoms with Gasteiger partial charge in [0, 0.05) is 11.6 Å². The third-order valence-electron chi connectivity index (χ3n) is 4.09. The summed E-state index contributed by atoms with van der Waals surface area (Å²) in [6.45, 7) is 1.97. The monoisotopic (exact) mass is 340 g/mol. The van der Waals surface area contributed by atoms with Crippen LogP contribution in [0.4, 0.5) is 0 Å². The maximum Gasteiger partial charge on any atom is 0.234 e. The van der Waals surface area contributed by atoms with Crippen molar-refractivity contribution in [2.45, 2.75) is 25.4 Å². The lowest BCUT2D eigenvalue weighted by molar-refractivity contribution is -0.122. The number of benzene rings is 1. The molecule has 0 heterocycles. The van der Waals surface area contributed by atoms with Gasteiger partial charge in [-0.3, -0.25) is 9.69 Å². The fraction of sp³-hybridized carbons (Fsp3) is 0.588. The summed E-state index contributed by atoms with van der Waals surface area (Å²) in [5.74, 6) is 0.997. The number of halogens is 1. The quantitative estimate of drug-likeness (QED) is 0.710. The molecular weight excluding hydrogens is 316 g/mol. The van der Waals surface area contributed by atoms with E-state index in [1.807, 2.05) is 11.9 Å². The van der Waals surface area contributed by atoms with Crippen LogP contribution in [0.5, 0.6) is 5.75 Å². The summed E-state index contributed by atoms with van der Waals surface area (Å²) in [6.07, 6.45) is 2.79. The molecule has 2 atom stereocenters. The summed E-state index contributed by atoms with van der Waals surface area (Å²) in [6, 6.07) is 7.12. The minimum Gasteiger partial charge on any atom is -0.492 e. The highest BCUT2D eigenvalue weighted by Gasteiger charge is 2.26. The van der Waals surface area contributed by atoms with E-state index in [0.29, 0.717) is 30.6 Å². The third-order valence-corrected chi connectivity index (χ3v) is 4.34. The predicted octanol–water partition coefficient (Wildman–Crippen LogP) is 1.93. The standard InChI is InChI=1S/C17H25ClN2O3/c1-20(11-13-3-2-4-16(13)21)12-17(22)19-9-10-23-15-7-5-14(18)6-8-15/h5-8,13,16,21H,2-4,9-12H2,1H3,(H,19,22). The first kappa shape index (κ1) is 18.0. The van der Waals surface area contributed by atoms with E-state index in [2.05, 4.69) is 5.32 Å². The van der Waals surface area contributed by atoms with E-state index in [4.69, 9.17) is 16.3 Å². The van der Waals surface area contributed by atoms with Crippen LogP contribution in [0.25, 0.3) is 0 Å². The number of nitrogens with zero attached hydrogens (tertiary/aromatic N) is 1. The van der Waals surface area contributed by atoms with Gasteiger partial charge >= 0.3 is 0 Å². The number of ether oxygens (including phenoxy) is 1. The van der Waals surface area contributed by atoms with Crippen molar-refractivity contribution >= 4 is 17.5 Å². The van der Waals surface area contributed by atoms with Crippen LogP contribution in [-0.2, 0) is 4.79 Å². The Bertz CT molecular complexity index is 495. The maximum absolute atomic E-state index is 11.9. The van der Waals surface area contributed by atoms with Crippen molar-refractivity contribution in [3.8, 4) is 5.75 Å². The van der Waals surface area contributed by atoms with Gasteiger partial charge in [0.15, 0.2) is 0 Å². The van der Waals surface area contributed by atoms with Crippen LogP contribution < -0.4 is 10.1 Å². The summed E-state index contributed by atoms with van der Waals surface area (Å²) < 4.78 is 5.52. The molecule has 5 nitrogen and oxygen atoms in total. The summed E-state index contributed by atoms with van der Waals surface area (Å²) >= 11 is 5.80. The molecular formula is C17H25ClN2O3. The number of hydrogen-bond acceptors (Lipinski definition) is 4. The van der Waals surface area contributed by atoms with E-state index < -0.39 is 0 Å². The molecule has 6 heteroatoms. The van der Waals surface area contributed by atoms with Gasteiger partial charge in [-0.15, -0.1) is 0 Å². The Balaban J connectivity index is 1.58. The molecule has 2 N–H and O–H groups in total.